The molecule has 0 radical (unpaired) electrons. The summed E-state index contributed by atoms with van der Waals surface area (Å²) in [5, 5.41) is 0. The van der Waals surface area contributed by atoms with Crippen LogP contribution in [0, 0.1) is 10.7 Å². The molecule has 0 amide bonds. The van der Waals surface area contributed by atoms with Gasteiger partial charge < -0.3 is 9.40 Å². The molecule has 1 aromatic heterocycles. The maximum atomic E-state index is 12.9. The summed E-state index contributed by atoms with van der Waals surface area (Å²) in [6.45, 7) is 0. The molecule has 19 heavy (non-hydrogen) atoms. The number of hydrogen-bond donors (Lipinski definition) is 1. The molecule has 0 saturated carbocycles. The first-order valence-corrected chi connectivity index (χ1v) is 6.18. The molecular weight excluding hydrogens is 261 g/mol. The molecule has 0 fully saturated rings. The Bertz CT molecular complexity index is 741. The summed E-state index contributed by atoms with van der Waals surface area (Å²) in [5.41, 5.74) is 2.94. The van der Waals surface area contributed by atoms with E-state index in [4.69, 9.17) is 16.6 Å². The van der Waals surface area contributed by atoms with E-state index in [2.05, 4.69) is 4.98 Å². The Hall–Kier alpha value is -2.20. The largest absolute Gasteiger partial charge is 0.429 e. The highest BCUT2D eigenvalue weighted by Crippen LogP contribution is 2.24. The van der Waals surface area contributed by atoms with Crippen LogP contribution in [-0.4, -0.2) is 4.98 Å². The van der Waals surface area contributed by atoms with Crippen LogP contribution >= 0.6 is 12.2 Å². The monoisotopic (exact) mass is 271 g/mol. The van der Waals surface area contributed by atoms with E-state index >= 15 is 0 Å². The number of hydrogen-bond acceptors (Lipinski definition) is 2. The smallest absolute Gasteiger partial charge is 0.266 e. The van der Waals surface area contributed by atoms with E-state index in [9.17, 15) is 4.39 Å². The minimum atomic E-state index is -0.232. The van der Waals surface area contributed by atoms with Gasteiger partial charge in [0.25, 0.3) is 4.84 Å². The molecule has 1 heterocycles. The van der Waals surface area contributed by atoms with Gasteiger partial charge in [-0.3, -0.25) is 0 Å². The second kappa shape index (κ2) is 4.82. The average molecular weight is 271 g/mol. The predicted octanol–water partition coefficient (Wildman–Crippen LogP) is 4.81. The highest BCUT2D eigenvalue weighted by atomic mass is 32.1. The van der Waals surface area contributed by atoms with Crippen LogP contribution in [-0.2, 0) is 0 Å². The van der Waals surface area contributed by atoms with Crippen molar-refractivity contribution >= 4 is 12.2 Å². The minimum Gasteiger partial charge on any atom is -0.429 e. The Morgan fingerprint density at radius 2 is 1.37 bits per heavy atom. The highest BCUT2D eigenvalue weighted by Gasteiger charge is 2.03. The van der Waals surface area contributed by atoms with Crippen molar-refractivity contribution in [3.8, 4) is 22.5 Å². The highest BCUT2D eigenvalue weighted by molar-refractivity contribution is 7.71. The van der Waals surface area contributed by atoms with Crippen molar-refractivity contribution in [1.29, 1.82) is 0 Å². The van der Waals surface area contributed by atoms with Gasteiger partial charge >= 0.3 is 0 Å². The molecule has 0 atom stereocenters. The zero-order valence-corrected chi connectivity index (χ0v) is 10.7. The zero-order valence-electron chi connectivity index (χ0n) is 9.89. The summed E-state index contributed by atoms with van der Waals surface area (Å²) < 4.78 is 18.2. The SMILES string of the molecule is Fc1ccc(-c2ccc(-c3c[nH]c(=S)o3)cc2)cc1. The molecule has 0 unspecified atom stereocenters. The summed E-state index contributed by atoms with van der Waals surface area (Å²) in [6, 6.07) is 14.2. The molecule has 0 aliphatic rings. The summed E-state index contributed by atoms with van der Waals surface area (Å²) in [7, 11) is 0. The Morgan fingerprint density at radius 1 is 0.842 bits per heavy atom. The third kappa shape index (κ3) is 2.48. The van der Waals surface area contributed by atoms with Gasteiger partial charge in [-0.2, -0.15) is 0 Å². The number of rotatable bonds is 2. The summed E-state index contributed by atoms with van der Waals surface area (Å²) in [6.07, 6.45) is 1.73. The summed E-state index contributed by atoms with van der Waals surface area (Å²) in [4.78, 5) is 3.19. The van der Waals surface area contributed by atoms with Gasteiger partial charge in [0, 0.05) is 11.8 Å². The van der Waals surface area contributed by atoms with Gasteiger partial charge in [0.15, 0.2) is 5.76 Å². The van der Waals surface area contributed by atoms with E-state index in [-0.39, 0.29) is 5.82 Å². The molecule has 0 bridgehead atoms. The average Bonchev–Trinajstić information content (AvgIpc) is 2.87. The number of halogens is 1. The molecule has 3 rings (SSSR count). The molecule has 0 aliphatic heterocycles. The first-order valence-electron chi connectivity index (χ1n) is 5.77. The van der Waals surface area contributed by atoms with E-state index in [0.29, 0.717) is 10.6 Å². The summed E-state index contributed by atoms with van der Waals surface area (Å²) in [5.74, 6) is 0.472. The van der Waals surface area contributed by atoms with Crippen molar-refractivity contribution in [3.05, 3.63) is 65.4 Å². The third-order valence-corrected chi connectivity index (χ3v) is 3.07. The molecule has 0 aliphatic carbocycles. The van der Waals surface area contributed by atoms with Gasteiger partial charge in [0.2, 0.25) is 0 Å². The lowest BCUT2D eigenvalue weighted by atomic mass is 10.0. The second-order valence-electron chi connectivity index (χ2n) is 4.13. The number of nitrogens with one attached hydrogen (secondary N) is 1. The van der Waals surface area contributed by atoms with Crippen LogP contribution in [0.2, 0.25) is 0 Å². The van der Waals surface area contributed by atoms with Crippen molar-refractivity contribution in [1.82, 2.24) is 4.98 Å². The molecule has 2 nitrogen and oxygen atoms in total. The molecule has 0 spiro atoms. The van der Waals surface area contributed by atoms with Crippen LogP contribution < -0.4 is 0 Å². The lowest BCUT2D eigenvalue weighted by molar-refractivity contribution is 0.554. The Kier molecular flexibility index (Phi) is 3.01. The molecule has 1 N–H and O–H groups in total. The maximum Gasteiger partial charge on any atom is 0.266 e. The minimum absolute atomic E-state index is 0.232. The van der Waals surface area contributed by atoms with E-state index in [1.54, 1.807) is 18.3 Å². The molecule has 0 saturated heterocycles. The fraction of sp³-hybridized carbons (Fsp3) is 0. The fourth-order valence-corrected chi connectivity index (χ4v) is 2.04. The van der Waals surface area contributed by atoms with E-state index in [1.165, 1.54) is 12.1 Å². The number of oxazole rings is 1. The molecular formula is C15H10FNOS. The van der Waals surface area contributed by atoms with Crippen molar-refractivity contribution in [2.75, 3.05) is 0 Å². The van der Waals surface area contributed by atoms with Gasteiger partial charge in [-0.1, -0.05) is 36.4 Å². The van der Waals surface area contributed by atoms with Crippen LogP contribution in [0.25, 0.3) is 22.5 Å². The van der Waals surface area contributed by atoms with Gasteiger partial charge in [-0.05, 0) is 35.5 Å². The van der Waals surface area contributed by atoms with Crippen LogP contribution in [0.4, 0.5) is 4.39 Å². The van der Waals surface area contributed by atoms with Gasteiger partial charge in [0.1, 0.15) is 5.82 Å². The van der Waals surface area contributed by atoms with Crippen LogP contribution in [0.1, 0.15) is 0 Å². The quantitative estimate of drug-likeness (QED) is 0.677. The van der Waals surface area contributed by atoms with E-state index in [0.717, 1.165) is 16.7 Å². The standard InChI is InChI=1S/C15H10FNOS/c16-13-7-5-11(6-8-13)10-1-3-12(4-2-10)14-9-17-15(19)18-14/h1-9H,(H,17,19). The van der Waals surface area contributed by atoms with Crippen molar-refractivity contribution in [2.45, 2.75) is 0 Å². The maximum absolute atomic E-state index is 12.9. The second-order valence-corrected chi connectivity index (χ2v) is 4.50. The topological polar surface area (TPSA) is 28.9 Å². The first kappa shape index (κ1) is 11.9. The number of aromatic nitrogens is 1. The van der Waals surface area contributed by atoms with Crippen LogP contribution in [0.3, 0.4) is 0 Å². The normalized spacial score (nSPS) is 10.6. The Balaban J connectivity index is 1.94. The van der Waals surface area contributed by atoms with Crippen LogP contribution in [0.15, 0.2) is 59.1 Å². The first-order chi connectivity index (χ1) is 9.22. The van der Waals surface area contributed by atoms with Crippen LogP contribution in [0.5, 0.6) is 0 Å². The van der Waals surface area contributed by atoms with Gasteiger partial charge in [-0.15, -0.1) is 0 Å². The number of benzene rings is 2. The molecule has 2 aromatic carbocycles. The van der Waals surface area contributed by atoms with Gasteiger partial charge in [-0.25, -0.2) is 4.39 Å². The van der Waals surface area contributed by atoms with E-state index < -0.39 is 0 Å². The molecule has 4 heteroatoms. The Morgan fingerprint density at radius 3 is 1.89 bits per heavy atom. The lowest BCUT2D eigenvalue weighted by Gasteiger charge is -2.02. The number of aromatic amines is 1. The summed E-state index contributed by atoms with van der Waals surface area (Å²) >= 11 is 4.89. The molecule has 94 valence electrons. The molecule has 3 aromatic rings. The van der Waals surface area contributed by atoms with Gasteiger partial charge in [0.05, 0.1) is 0 Å². The van der Waals surface area contributed by atoms with E-state index in [1.807, 2.05) is 24.3 Å². The zero-order chi connectivity index (χ0) is 13.2. The van der Waals surface area contributed by atoms with Crippen molar-refractivity contribution in [2.24, 2.45) is 0 Å². The predicted molar refractivity (Wildman–Crippen MR) is 74.7 cm³/mol. The Labute approximate surface area is 114 Å². The lowest BCUT2D eigenvalue weighted by Crippen LogP contribution is -1.80. The van der Waals surface area contributed by atoms with Crippen molar-refractivity contribution < 1.29 is 8.81 Å². The van der Waals surface area contributed by atoms with Crippen molar-refractivity contribution in [3.63, 3.8) is 0 Å². The fourth-order valence-electron chi connectivity index (χ4n) is 1.89. The third-order valence-electron chi connectivity index (χ3n) is 2.87. The number of H-pyrrole nitrogens is 1.